The fourth-order valence-electron chi connectivity index (χ4n) is 0. The molecule has 0 heterocycles. The molecule has 0 aromatic rings. The Balaban J connectivity index is 0. The highest BCUT2D eigenvalue weighted by Gasteiger charge is 1.86. The number of carboxylic acid groups (broad SMARTS) is 1. The zero-order chi connectivity index (χ0) is 7.86. The molecule has 5 heteroatoms. The first kappa shape index (κ1) is 10.9. The number of alkyl halides is 3. The summed E-state index contributed by atoms with van der Waals surface area (Å²) < 4.78 is 29.0. The summed E-state index contributed by atoms with van der Waals surface area (Å²) in [5.41, 5.74) is 0. The molecule has 0 fully saturated rings. The molecular weight excluding hydrogens is 137 g/mol. The predicted molar refractivity (Wildman–Crippen MR) is 24.9 cm³/mol. The molecule has 0 radical (unpaired) electrons. The topological polar surface area (TPSA) is 37.3 Å². The molecule has 2 nitrogen and oxygen atoms in total. The Morgan fingerprint density at radius 3 is 1.67 bits per heavy atom. The van der Waals surface area contributed by atoms with Crippen molar-refractivity contribution in [1.82, 2.24) is 0 Å². The molecule has 0 aliphatic heterocycles. The average Bonchev–Trinajstić information content (AvgIpc) is 1.65. The van der Waals surface area contributed by atoms with Crippen molar-refractivity contribution >= 4 is 5.97 Å². The SMILES string of the molecule is C=CC(=O)O.FC(F)F. The maximum atomic E-state index is 9.67. The molecule has 0 unspecified atom stereocenters. The molecule has 0 aliphatic carbocycles. The van der Waals surface area contributed by atoms with Crippen LogP contribution in [-0.2, 0) is 4.79 Å². The second kappa shape index (κ2) is 7.00. The second-order valence-corrected chi connectivity index (χ2v) is 0.790. The smallest absolute Gasteiger partial charge is 0.379 e. The van der Waals surface area contributed by atoms with E-state index in [1.807, 2.05) is 0 Å². The van der Waals surface area contributed by atoms with Crippen LogP contribution >= 0.6 is 0 Å². The zero-order valence-corrected chi connectivity index (χ0v) is 4.35. The van der Waals surface area contributed by atoms with E-state index in [2.05, 4.69) is 6.58 Å². The van der Waals surface area contributed by atoms with Crippen molar-refractivity contribution in [3.8, 4) is 0 Å². The molecule has 0 bridgehead atoms. The maximum absolute atomic E-state index is 9.67. The third-order valence-electron chi connectivity index (χ3n) is 0.175. The van der Waals surface area contributed by atoms with Gasteiger partial charge in [-0.2, -0.15) is 13.2 Å². The van der Waals surface area contributed by atoms with Gasteiger partial charge in [0.25, 0.3) is 0 Å². The van der Waals surface area contributed by atoms with E-state index in [4.69, 9.17) is 5.11 Å². The van der Waals surface area contributed by atoms with Crippen molar-refractivity contribution in [3.63, 3.8) is 0 Å². The van der Waals surface area contributed by atoms with Crippen LogP contribution in [0.25, 0.3) is 0 Å². The van der Waals surface area contributed by atoms with E-state index in [0.717, 1.165) is 6.08 Å². The quantitative estimate of drug-likeness (QED) is 0.562. The minimum Gasteiger partial charge on any atom is -0.478 e. The van der Waals surface area contributed by atoms with Gasteiger partial charge in [-0.1, -0.05) is 6.58 Å². The monoisotopic (exact) mass is 142 g/mol. The van der Waals surface area contributed by atoms with E-state index in [1.165, 1.54) is 0 Å². The normalized spacial score (nSPS) is 7.56. The lowest BCUT2D eigenvalue weighted by molar-refractivity contribution is -0.131. The lowest BCUT2D eigenvalue weighted by atomic mass is 10.7. The van der Waals surface area contributed by atoms with Gasteiger partial charge in [-0.15, -0.1) is 0 Å². The molecule has 0 saturated heterocycles. The summed E-state index contributed by atoms with van der Waals surface area (Å²) in [6.07, 6.45) is 0.833. The first-order valence-electron chi connectivity index (χ1n) is 1.78. The van der Waals surface area contributed by atoms with Crippen LogP contribution in [0.15, 0.2) is 12.7 Å². The maximum Gasteiger partial charge on any atom is 0.379 e. The summed E-state index contributed by atoms with van der Waals surface area (Å²) in [4.78, 5) is 9.25. The molecule has 0 saturated carbocycles. The van der Waals surface area contributed by atoms with Gasteiger partial charge in [-0.05, 0) is 0 Å². The Bertz CT molecular complexity index is 89.1. The number of hydrogen-bond donors (Lipinski definition) is 1. The van der Waals surface area contributed by atoms with Crippen LogP contribution in [0.1, 0.15) is 0 Å². The molecule has 9 heavy (non-hydrogen) atoms. The number of rotatable bonds is 1. The highest BCUT2D eigenvalue weighted by molar-refractivity contribution is 5.78. The number of aliphatic carboxylic acids is 1. The Labute approximate surface area is 49.6 Å². The van der Waals surface area contributed by atoms with E-state index in [9.17, 15) is 18.0 Å². The van der Waals surface area contributed by atoms with Gasteiger partial charge in [0.15, 0.2) is 0 Å². The van der Waals surface area contributed by atoms with E-state index >= 15 is 0 Å². The fraction of sp³-hybridized carbons (Fsp3) is 0.250. The fourth-order valence-corrected chi connectivity index (χ4v) is 0. The Hall–Kier alpha value is -1.00. The number of carbonyl (C=O) groups is 1. The van der Waals surface area contributed by atoms with Crippen molar-refractivity contribution in [2.45, 2.75) is 6.68 Å². The van der Waals surface area contributed by atoms with Gasteiger partial charge >= 0.3 is 12.6 Å². The lowest BCUT2D eigenvalue weighted by Crippen LogP contribution is -1.82. The van der Waals surface area contributed by atoms with Gasteiger partial charge in [0.2, 0.25) is 0 Å². The van der Waals surface area contributed by atoms with Crippen LogP contribution in [0.4, 0.5) is 13.2 Å². The summed E-state index contributed by atoms with van der Waals surface area (Å²) in [6.45, 7) is -0.706. The summed E-state index contributed by atoms with van der Waals surface area (Å²) in [5.74, 6) is -0.981. The molecule has 0 aliphatic rings. The van der Waals surface area contributed by atoms with Crippen LogP contribution in [0.3, 0.4) is 0 Å². The average molecular weight is 142 g/mol. The second-order valence-electron chi connectivity index (χ2n) is 0.790. The first-order chi connectivity index (χ1) is 4.00. The van der Waals surface area contributed by atoms with Crippen LogP contribution in [0, 0.1) is 0 Å². The Morgan fingerprint density at radius 1 is 1.56 bits per heavy atom. The van der Waals surface area contributed by atoms with Gasteiger partial charge < -0.3 is 5.11 Å². The van der Waals surface area contributed by atoms with E-state index < -0.39 is 12.6 Å². The summed E-state index contributed by atoms with van der Waals surface area (Å²) in [7, 11) is 0. The van der Waals surface area contributed by atoms with Crippen molar-refractivity contribution in [2.75, 3.05) is 0 Å². The molecule has 0 atom stereocenters. The third kappa shape index (κ3) is 175. The highest BCUT2D eigenvalue weighted by Crippen LogP contribution is 1.87. The molecule has 0 aromatic carbocycles. The Morgan fingerprint density at radius 2 is 1.67 bits per heavy atom. The molecule has 0 spiro atoms. The van der Waals surface area contributed by atoms with Gasteiger partial charge in [0.1, 0.15) is 0 Å². The van der Waals surface area contributed by atoms with Gasteiger partial charge in [-0.3, -0.25) is 0 Å². The summed E-state index contributed by atoms with van der Waals surface area (Å²) in [6, 6.07) is 0. The largest absolute Gasteiger partial charge is 0.478 e. The van der Waals surface area contributed by atoms with Crippen molar-refractivity contribution in [1.29, 1.82) is 0 Å². The lowest BCUT2D eigenvalue weighted by Gasteiger charge is -1.65. The summed E-state index contributed by atoms with van der Waals surface area (Å²) in [5, 5.41) is 7.60. The van der Waals surface area contributed by atoms with Crippen LogP contribution in [0.2, 0.25) is 0 Å². The number of halogens is 3. The third-order valence-corrected chi connectivity index (χ3v) is 0.175. The molecule has 1 N–H and O–H groups in total. The standard InChI is InChI=1S/C3H4O2.CHF3/c1-2-3(4)5;2-1(3)4/h2H,1H2,(H,4,5);1H. The minimum absolute atomic E-state index is 0.833. The summed E-state index contributed by atoms with van der Waals surface area (Å²) >= 11 is 0. The number of hydrogen-bond acceptors (Lipinski definition) is 1. The van der Waals surface area contributed by atoms with Crippen LogP contribution in [-0.4, -0.2) is 17.8 Å². The van der Waals surface area contributed by atoms with E-state index in [0.29, 0.717) is 0 Å². The van der Waals surface area contributed by atoms with Gasteiger partial charge in [0.05, 0.1) is 0 Å². The van der Waals surface area contributed by atoms with Crippen LogP contribution in [0.5, 0.6) is 0 Å². The predicted octanol–water partition coefficient (Wildman–Crippen LogP) is 1.44. The van der Waals surface area contributed by atoms with Gasteiger partial charge in [0, 0.05) is 6.08 Å². The Kier molecular flexibility index (Phi) is 8.47. The van der Waals surface area contributed by atoms with Crippen molar-refractivity contribution in [2.24, 2.45) is 0 Å². The van der Waals surface area contributed by atoms with Gasteiger partial charge in [-0.25, -0.2) is 4.79 Å². The van der Waals surface area contributed by atoms with E-state index in [-0.39, 0.29) is 0 Å². The highest BCUT2D eigenvalue weighted by atomic mass is 19.4. The number of carboxylic acids is 1. The molecular formula is C4H5F3O2. The van der Waals surface area contributed by atoms with Crippen molar-refractivity contribution in [3.05, 3.63) is 12.7 Å². The minimum atomic E-state index is -3.67. The van der Waals surface area contributed by atoms with Crippen molar-refractivity contribution < 1.29 is 23.1 Å². The molecule has 0 amide bonds. The van der Waals surface area contributed by atoms with E-state index in [1.54, 1.807) is 0 Å². The zero-order valence-electron chi connectivity index (χ0n) is 4.35. The van der Waals surface area contributed by atoms with Crippen LogP contribution < -0.4 is 0 Å². The first-order valence-corrected chi connectivity index (χ1v) is 1.78. The molecule has 0 aromatic heterocycles. The molecule has 54 valence electrons. The molecule has 0 rings (SSSR count).